The Morgan fingerprint density at radius 3 is 2.57 bits per heavy atom. The van der Waals surface area contributed by atoms with Crippen LogP contribution in [0.3, 0.4) is 0 Å². The van der Waals surface area contributed by atoms with Crippen LogP contribution in [-0.2, 0) is 10.0 Å². The predicted octanol–water partition coefficient (Wildman–Crippen LogP) is 1.28. The fourth-order valence-corrected chi connectivity index (χ4v) is 1.70. The number of hydrogen-bond donors (Lipinski definition) is 0. The third-order valence-electron chi connectivity index (χ3n) is 1.79. The molecule has 0 radical (unpaired) electrons. The summed E-state index contributed by atoms with van der Waals surface area (Å²) in [5.41, 5.74) is 1.71. The van der Waals surface area contributed by atoms with Crippen molar-refractivity contribution in [3.05, 3.63) is 29.7 Å². The maximum Gasteiger partial charge on any atom is 0.235 e. The third-order valence-corrected chi connectivity index (χ3v) is 2.76. The Hall–Kier alpha value is -1.36. The summed E-state index contributed by atoms with van der Waals surface area (Å²) in [6.45, 7) is 5.14. The lowest BCUT2D eigenvalue weighted by molar-refractivity contribution is 0.593. The zero-order valence-electron chi connectivity index (χ0n) is 8.14. The van der Waals surface area contributed by atoms with Crippen LogP contribution < -0.4 is 0 Å². The first-order chi connectivity index (χ1) is 6.45. The van der Waals surface area contributed by atoms with Gasteiger partial charge in [0.15, 0.2) is 0 Å². The van der Waals surface area contributed by atoms with Gasteiger partial charge in [-0.1, -0.05) is 0 Å². The molecule has 76 valence electrons. The van der Waals surface area contributed by atoms with Crippen molar-refractivity contribution in [1.82, 2.24) is 3.97 Å². The highest BCUT2D eigenvalue weighted by atomic mass is 32.2. The Morgan fingerprint density at radius 2 is 2.14 bits per heavy atom. The Morgan fingerprint density at radius 1 is 1.50 bits per heavy atom. The third kappa shape index (κ3) is 2.32. The SMILES string of the molecule is C=N/C=C\c1cn(S(C)(=O)=O)cc1C. The van der Waals surface area contributed by atoms with Gasteiger partial charge in [0, 0.05) is 18.6 Å². The van der Waals surface area contributed by atoms with Crippen molar-refractivity contribution in [3.8, 4) is 0 Å². The largest absolute Gasteiger partial charge is 0.272 e. The minimum absolute atomic E-state index is 0.822. The van der Waals surface area contributed by atoms with Crippen LogP contribution in [0.4, 0.5) is 0 Å². The van der Waals surface area contributed by atoms with Crippen molar-refractivity contribution in [2.75, 3.05) is 6.26 Å². The van der Waals surface area contributed by atoms with E-state index in [0.717, 1.165) is 17.4 Å². The molecule has 14 heavy (non-hydrogen) atoms. The number of nitrogens with zero attached hydrogens (tertiary/aromatic N) is 2. The molecular formula is C9H12N2O2S. The van der Waals surface area contributed by atoms with E-state index in [1.54, 1.807) is 18.5 Å². The van der Waals surface area contributed by atoms with Gasteiger partial charge in [0.05, 0.1) is 6.26 Å². The normalized spacial score (nSPS) is 12.1. The van der Waals surface area contributed by atoms with Gasteiger partial charge in [0.1, 0.15) is 0 Å². The first-order valence-electron chi connectivity index (χ1n) is 3.96. The van der Waals surface area contributed by atoms with Gasteiger partial charge in [0.25, 0.3) is 0 Å². The number of hydrogen-bond acceptors (Lipinski definition) is 3. The van der Waals surface area contributed by atoms with E-state index in [4.69, 9.17) is 0 Å². The Labute approximate surface area is 83.6 Å². The smallest absolute Gasteiger partial charge is 0.235 e. The Bertz CT molecular complexity index is 469. The molecule has 0 unspecified atom stereocenters. The van der Waals surface area contributed by atoms with Crippen LogP contribution in [0.25, 0.3) is 6.08 Å². The van der Waals surface area contributed by atoms with E-state index in [1.807, 2.05) is 6.92 Å². The fourth-order valence-electron chi connectivity index (χ4n) is 1.04. The highest BCUT2D eigenvalue weighted by Crippen LogP contribution is 2.12. The molecule has 0 aliphatic heterocycles. The molecule has 0 bridgehead atoms. The lowest BCUT2D eigenvalue weighted by atomic mass is 10.2. The monoisotopic (exact) mass is 212 g/mol. The minimum Gasteiger partial charge on any atom is -0.272 e. The molecule has 0 aliphatic rings. The Balaban J connectivity index is 3.18. The standard InChI is InChI=1S/C9H12N2O2S/c1-8-6-11(14(3,12)13)7-9(8)4-5-10-2/h4-7H,2H2,1,3H3/b5-4-. The molecule has 1 rings (SSSR count). The summed E-state index contributed by atoms with van der Waals surface area (Å²) in [7, 11) is -3.19. The first kappa shape index (κ1) is 10.7. The van der Waals surface area contributed by atoms with Gasteiger partial charge in [-0.15, -0.1) is 0 Å². The van der Waals surface area contributed by atoms with Crippen LogP contribution in [0.1, 0.15) is 11.1 Å². The van der Waals surface area contributed by atoms with Gasteiger partial charge >= 0.3 is 0 Å². The van der Waals surface area contributed by atoms with E-state index >= 15 is 0 Å². The molecule has 0 N–H and O–H groups in total. The molecule has 1 aromatic heterocycles. The zero-order valence-corrected chi connectivity index (χ0v) is 8.95. The van der Waals surface area contributed by atoms with Crippen molar-refractivity contribution < 1.29 is 8.42 Å². The second-order valence-electron chi connectivity index (χ2n) is 2.99. The zero-order chi connectivity index (χ0) is 10.8. The molecule has 0 atom stereocenters. The van der Waals surface area contributed by atoms with Gasteiger partial charge in [0.2, 0.25) is 10.0 Å². The molecule has 0 saturated heterocycles. The van der Waals surface area contributed by atoms with Crippen molar-refractivity contribution in [3.63, 3.8) is 0 Å². The van der Waals surface area contributed by atoms with Gasteiger partial charge in [-0.25, -0.2) is 8.42 Å². The topological polar surface area (TPSA) is 51.4 Å². The second kappa shape index (κ2) is 3.79. The van der Waals surface area contributed by atoms with E-state index in [2.05, 4.69) is 11.7 Å². The molecule has 4 nitrogen and oxygen atoms in total. The maximum atomic E-state index is 11.2. The molecule has 1 aromatic rings. The summed E-state index contributed by atoms with van der Waals surface area (Å²) < 4.78 is 23.5. The van der Waals surface area contributed by atoms with E-state index in [-0.39, 0.29) is 0 Å². The molecule has 1 heterocycles. The van der Waals surface area contributed by atoms with Crippen LogP contribution >= 0.6 is 0 Å². The van der Waals surface area contributed by atoms with Crippen molar-refractivity contribution in [1.29, 1.82) is 0 Å². The lowest BCUT2D eigenvalue weighted by Gasteiger charge is -1.95. The lowest BCUT2D eigenvalue weighted by Crippen LogP contribution is -2.06. The second-order valence-corrected chi connectivity index (χ2v) is 4.88. The van der Waals surface area contributed by atoms with E-state index in [0.29, 0.717) is 0 Å². The van der Waals surface area contributed by atoms with E-state index in [9.17, 15) is 8.42 Å². The number of aliphatic imine (C=N–C) groups is 1. The summed E-state index contributed by atoms with van der Waals surface area (Å²) in [4.78, 5) is 3.55. The van der Waals surface area contributed by atoms with Gasteiger partial charge in [-0.2, -0.15) is 0 Å². The average Bonchev–Trinajstić information content (AvgIpc) is 2.43. The van der Waals surface area contributed by atoms with Crippen LogP contribution in [0.5, 0.6) is 0 Å². The summed E-state index contributed by atoms with van der Waals surface area (Å²) in [5, 5.41) is 0. The quantitative estimate of drug-likeness (QED) is 0.708. The van der Waals surface area contributed by atoms with Crippen LogP contribution in [0.15, 0.2) is 23.6 Å². The summed E-state index contributed by atoms with van der Waals surface area (Å²) in [6, 6.07) is 0. The van der Waals surface area contributed by atoms with Crippen LogP contribution in [0, 0.1) is 6.92 Å². The van der Waals surface area contributed by atoms with Crippen molar-refractivity contribution in [2.45, 2.75) is 6.92 Å². The molecule has 5 heteroatoms. The van der Waals surface area contributed by atoms with Gasteiger partial charge in [-0.05, 0) is 30.8 Å². The number of aryl methyl sites for hydroxylation is 1. The molecule has 0 amide bonds. The van der Waals surface area contributed by atoms with E-state index < -0.39 is 10.0 Å². The predicted molar refractivity (Wildman–Crippen MR) is 58.0 cm³/mol. The molecule has 0 aliphatic carbocycles. The summed E-state index contributed by atoms with van der Waals surface area (Å²) >= 11 is 0. The molecular weight excluding hydrogens is 200 g/mol. The van der Waals surface area contributed by atoms with Crippen LogP contribution in [-0.4, -0.2) is 25.4 Å². The highest BCUT2D eigenvalue weighted by molar-refractivity contribution is 7.89. The first-order valence-corrected chi connectivity index (χ1v) is 5.81. The Kier molecular flexibility index (Phi) is 2.90. The van der Waals surface area contributed by atoms with Gasteiger partial charge in [-0.3, -0.25) is 8.96 Å². The molecule has 0 spiro atoms. The number of rotatable bonds is 3. The summed E-state index contributed by atoms with van der Waals surface area (Å²) in [6.07, 6.45) is 7.51. The molecule has 0 saturated carbocycles. The molecule has 0 fully saturated rings. The van der Waals surface area contributed by atoms with Crippen LogP contribution in [0.2, 0.25) is 0 Å². The fraction of sp³-hybridized carbons (Fsp3) is 0.222. The number of aromatic nitrogens is 1. The molecule has 0 aromatic carbocycles. The van der Waals surface area contributed by atoms with Crippen molar-refractivity contribution >= 4 is 22.8 Å². The van der Waals surface area contributed by atoms with Crippen molar-refractivity contribution in [2.24, 2.45) is 4.99 Å². The highest BCUT2D eigenvalue weighted by Gasteiger charge is 2.07. The van der Waals surface area contributed by atoms with E-state index in [1.165, 1.54) is 10.2 Å². The maximum absolute atomic E-state index is 11.2. The minimum atomic E-state index is -3.19. The summed E-state index contributed by atoms with van der Waals surface area (Å²) in [5.74, 6) is 0. The van der Waals surface area contributed by atoms with Gasteiger partial charge < -0.3 is 0 Å². The average molecular weight is 212 g/mol.